The Bertz CT molecular complexity index is 1230. The van der Waals surface area contributed by atoms with Gasteiger partial charge in [0.05, 0.1) is 24.4 Å². The van der Waals surface area contributed by atoms with Crippen LogP contribution in [0.4, 0.5) is 11.4 Å². The lowest BCUT2D eigenvalue weighted by molar-refractivity contribution is -0.169. The third-order valence-electron chi connectivity index (χ3n) is 11.3. The lowest BCUT2D eigenvalue weighted by Gasteiger charge is -2.54. The minimum atomic E-state index is -0.748. The van der Waals surface area contributed by atoms with E-state index in [9.17, 15) is 20.4 Å². The number of nitrogens with one attached hydrogen (secondary N) is 2. The van der Waals surface area contributed by atoms with Crippen molar-refractivity contribution in [2.24, 2.45) is 23.7 Å². The molecule has 0 aliphatic heterocycles. The van der Waals surface area contributed by atoms with Crippen LogP contribution in [0, 0.1) is 79.1 Å². The van der Waals surface area contributed by atoms with E-state index in [4.69, 9.17) is 0 Å². The smallest absolute Gasteiger partial charge is 0.0687 e. The molecule has 0 saturated heterocycles. The third kappa shape index (κ3) is 5.74. The number of aliphatic hydroxyl groups is 4. The predicted octanol–water partition coefficient (Wildman–Crippen LogP) is 6.25. The molecule has 2 fully saturated rings. The van der Waals surface area contributed by atoms with Crippen molar-refractivity contribution in [2.45, 2.75) is 126 Å². The van der Waals surface area contributed by atoms with E-state index in [0.29, 0.717) is 18.3 Å². The molecule has 4 unspecified atom stereocenters. The molecule has 2 aromatic rings. The van der Waals surface area contributed by atoms with Crippen LogP contribution in [0.15, 0.2) is 0 Å². The summed E-state index contributed by atoms with van der Waals surface area (Å²) in [5.41, 5.74) is 13.5. The predicted molar refractivity (Wildman–Crippen MR) is 179 cm³/mol. The summed E-state index contributed by atoms with van der Waals surface area (Å²) in [7, 11) is 0. The summed E-state index contributed by atoms with van der Waals surface area (Å²) in [5.74, 6) is -0.697. The second-order valence-electron chi connectivity index (χ2n) is 14.7. The van der Waals surface area contributed by atoms with E-state index in [1.165, 1.54) is 22.3 Å². The van der Waals surface area contributed by atoms with Crippen LogP contribution in [-0.2, 0) is 0 Å². The molecule has 0 radical (unpaired) electrons. The molecule has 0 bridgehead atoms. The Morgan fingerprint density at radius 3 is 1.02 bits per heavy atom. The third-order valence-corrected chi connectivity index (χ3v) is 11.3. The van der Waals surface area contributed by atoms with Crippen LogP contribution in [0.25, 0.3) is 0 Å². The van der Waals surface area contributed by atoms with Gasteiger partial charge in [0.2, 0.25) is 0 Å². The Labute approximate surface area is 260 Å². The van der Waals surface area contributed by atoms with Gasteiger partial charge in [-0.3, -0.25) is 0 Å². The van der Waals surface area contributed by atoms with Gasteiger partial charge in [-0.05, 0) is 129 Å². The Morgan fingerprint density at radius 2 is 0.744 bits per heavy atom. The summed E-state index contributed by atoms with van der Waals surface area (Å²) in [6.07, 6.45) is -2.61. The van der Waals surface area contributed by atoms with E-state index in [-0.39, 0.29) is 0 Å². The van der Waals surface area contributed by atoms with Crippen molar-refractivity contribution in [3.05, 3.63) is 55.6 Å². The second kappa shape index (κ2) is 12.7. The molecule has 6 heteroatoms. The minimum absolute atomic E-state index is 0.382. The highest BCUT2D eigenvalue weighted by atomic mass is 16.3. The summed E-state index contributed by atoms with van der Waals surface area (Å²) in [4.78, 5) is 0. The zero-order chi connectivity index (χ0) is 32.2. The largest absolute Gasteiger partial charge is 0.392 e. The number of anilines is 2. The number of rotatable bonds is 10. The molecule has 4 atom stereocenters. The Kier molecular flexibility index (Phi) is 9.98. The normalized spacial score (nSPS) is 28.7. The zero-order valence-electron chi connectivity index (χ0n) is 28.7. The van der Waals surface area contributed by atoms with E-state index >= 15 is 0 Å². The van der Waals surface area contributed by atoms with Gasteiger partial charge in [-0.2, -0.15) is 0 Å². The van der Waals surface area contributed by atoms with Gasteiger partial charge < -0.3 is 31.1 Å². The second-order valence-corrected chi connectivity index (χ2v) is 14.7. The van der Waals surface area contributed by atoms with Crippen molar-refractivity contribution in [2.75, 3.05) is 23.7 Å². The van der Waals surface area contributed by atoms with Crippen molar-refractivity contribution in [1.82, 2.24) is 0 Å². The Morgan fingerprint density at radius 1 is 0.465 bits per heavy atom. The molecule has 4 rings (SSSR count). The number of aliphatic hydroxyl groups excluding tert-OH is 4. The fraction of sp³-hybridized carbons (Fsp3) is 0.676. The van der Waals surface area contributed by atoms with Crippen LogP contribution in [0.5, 0.6) is 0 Å². The fourth-order valence-electron chi connectivity index (χ4n) is 7.72. The summed E-state index contributed by atoms with van der Waals surface area (Å²) in [6, 6.07) is 0. The van der Waals surface area contributed by atoms with Crippen molar-refractivity contribution in [3.63, 3.8) is 0 Å². The van der Waals surface area contributed by atoms with Gasteiger partial charge >= 0.3 is 0 Å². The van der Waals surface area contributed by atoms with Crippen molar-refractivity contribution >= 4 is 11.4 Å². The van der Waals surface area contributed by atoms with E-state index in [2.05, 4.69) is 93.7 Å². The van der Waals surface area contributed by atoms with Gasteiger partial charge in [0.15, 0.2) is 0 Å². The first-order valence-electron chi connectivity index (χ1n) is 16.4. The summed E-state index contributed by atoms with van der Waals surface area (Å²) in [5, 5.41) is 53.4. The average molecular weight is 595 g/mol. The van der Waals surface area contributed by atoms with E-state index in [1.54, 1.807) is 0 Å². The Balaban J connectivity index is 1.58. The van der Waals surface area contributed by atoms with Crippen LogP contribution in [0.3, 0.4) is 0 Å². The quantitative estimate of drug-likeness (QED) is 0.194. The molecule has 0 aromatic heterocycles. The summed E-state index contributed by atoms with van der Waals surface area (Å²) >= 11 is 0. The topological polar surface area (TPSA) is 105 Å². The van der Waals surface area contributed by atoms with E-state index in [1.807, 2.05) is 0 Å². The molecule has 2 saturated carbocycles. The average Bonchev–Trinajstić information content (AvgIpc) is 2.95. The van der Waals surface area contributed by atoms with Gasteiger partial charge in [0.25, 0.3) is 0 Å². The minimum Gasteiger partial charge on any atom is -0.392 e. The molecular weight excluding hydrogens is 536 g/mol. The van der Waals surface area contributed by atoms with Gasteiger partial charge in [0, 0.05) is 48.1 Å². The van der Waals surface area contributed by atoms with E-state index < -0.39 is 48.1 Å². The van der Waals surface area contributed by atoms with Crippen molar-refractivity contribution < 1.29 is 20.4 Å². The van der Waals surface area contributed by atoms with Crippen LogP contribution < -0.4 is 10.6 Å². The number of hydrogen-bond donors (Lipinski definition) is 6. The van der Waals surface area contributed by atoms with Crippen LogP contribution in [0.2, 0.25) is 0 Å². The van der Waals surface area contributed by atoms with E-state index in [0.717, 1.165) is 57.8 Å². The van der Waals surface area contributed by atoms with Gasteiger partial charge in [0.1, 0.15) is 0 Å². The molecule has 6 N–H and O–H groups in total. The number of benzene rings is 2. The van der Waals surface area contributed by atoms with Crippen LogP contribution >= 0.6 is 0 Å². The first-order valence-corrected chi connectivity index (χ1v) is 16.4. The molecule has 0 heterocycles. The summed E-state index contributed by atoms with van der Waals surface area (Å²) < 4.78 is 0. The maximum absolute atomic E-state index is 11.5. The molecular formula is C37H58N2O4. The van der Waals surface area contributed by atoms with Gasteiger partial charge in [-0.15, -0.1) is 0 Å². The monoisotopic (exact) mass is 594 g/mol. The standard InChI is InChI=1S/C37H58N2O4/c1-16(2)14-38-32-24(11)20(7)18(5)22(9)28(32)30-34(40)26(35(30)41)13-27-36(42)31(37(27)43)29-23(10)19(6)21(8)25(12)33(29)39-15-17(3)4/h16-17,26-27,30-31,34-43H,13-15H2,1-12H3. The fourth-order valence-corrected chi connectivity index (χ4v) is 7.72. The molecule has 6 nitrogen and oxygen atoms in total. The highest BCUT2D eigenvalue weighted by Crippen LogP contribution is 2.55. The van der Waals surface area contributed by atoms with Gasteiger partial charge in [-0.1, -0.05) is 27.7 Å². The molecule has 240 valence electrons. The Hall–Kier alpha value is -2.12. The van der Waals surface area contributed by atoms with Crippen LogP contribution in [-0.4, -0.2) is 57.9 Å². The molecule has 0 amide bonds. The lowest BCUT2D eigenvalue weighted by Crippen LogP contribution is -2.60. The zero-order valence-corrected chi connectivity index (χ0v) is 28.7. The maximum Gasteiger partial charge on any atom is 0.0687 e. The molecule has 2 aromatic carbocycles. The lowest BCUT2D eigenvalue weighted by atomic mass is 9.56. The highest BCUT2D eigenvalue weighted by molar-refractivity contribution is 5.68. The molecule has 2 aliphatic rings. The number of hydrogen-bond acceptors (Lipinski definition) is 6. The SMILES string of the molecule is Cc1c(C)c(C)c(C2C(O)C(CC3C(O)C(c4c(C)c(C)c(C)c(C)c4NCC(C)C)C3O)C2O)c(NCC(C)C)c1C. The maximum atomic E-state index is 11.5. The molecule has 2 aliphatic carbocycles. The molecule has 0 spiro atoms. The molecule has 43 heavy (non-hydrogen) atoms. The summed E-state index contributed by atoms with van der Waals surface area (Å²) in [6.45, 7) is 27.2. The first kappa shape index (κ1) is 33.8. The van der Waals surface area contributed by atoms with Crippen molar-refractivity contribution in [3.8, 4) is 0 Å². The van der Waals surface area contributed by atoms with Crippen molar-refractivity contribution in [1.29, 1.82) is 0 Å². The van der Waals surface area contributed by atoms with Gasteiger partial charge in [-0.25, -0.2) is 0 Å². The highest BCUT2D eigenvalue weighted by Gasteiger charge is 2.57. The first-order chi connectivity index (χ1) is 20.0. The van der Waals surface area contributed by atoms with Crippen LogP contribution in [0.1, 0.15) is 102 Å².